The maximum Gasteiger partial charge on any atom is 0.0439 e. The summed E-state index contributed by atoms with van der Waals surface area (Å²) < 4.78 is 1.04. The molecule has 0 aliphatic rings. The van der Waals surface area contributed by atoms with Gasteiger partial charge in [0.25, 0.3) is 0 Å². The minimum atomic E-state index is 0.0826. The highest BCUT2D eigenvalue weighted by Gasteiger charge is 2.08. The lowest BCUT2D eigenvalue weighted by molar-refractivity contribution is 0.665. The van der Waals surface area contributed by atoms with Crippen molar-refractivity contribution in [1.29, 1.82) is 0 Å². The van der Waals surface area contributed by atoms with E-state index in [0.29, 0.717) is 0 Å². The molecule has 1 nitrogen and oxygen atoms in total. The number of hydrogen-bond donors (Lipinski definition) is 1. The van der Waals surface area contributed by atoms with Crippen molar-refractivity contribution in [3.8, 4) is 0 Å². The molecule has 0 saturated heterocycles. The third kappa shape index (κ3) is 3.84. The summed E-state index contributed by atoms with van der Waals surface area (Å²) in [5.74, 6) is 0. The van der Waals surface area contributed by atoms with Crippen LogP contribution in [0.15, 0.2) is 53.0 Å². The van der Waals surface area contributed by atoms with E-state index in [0.717, 1.165) is 27.9 Å². The summed E-state index contributed by atoms with van der Waals surface area (Å²) in [4.78, 5) is 0. The Hall–Kier alpha value is -0.830. The van der Waals surface area contributed by atoms with E-state index in [2.05, 4.69) is 28.1 Å². The summed E-state index contributed by atoms with van der Waals surface area (Å²) in [5.41, 5.74) is 8.54. The smallest absolute Gasteiger partial charge is 0.0439 e. The zero-order chi connectivity index (χ0) is 13.0. The van der Waals surface area contributed by atoms with Gasteiger partial charge >= 0.3 is 0 Å². The molecule has 2 rings (SSSR count). The van der Waals surface area contributed by atoms with Crippen LogP contribution in [0, 0.1) is 0 Å². The topological polar surface area (TPSA) is 26.0 Å². The van der Waals surface area contributed by atoms with Crippen molar-refractivity contribution in [3.05, 3.63) is 69.2 Å². The normalized spacial score (nSPS) is 12.4. The van der Waals surface area contributed by atoms with Crippen molar-refractivity contribution in [2.24, 2.45) is 5.73 Å². The minimum Gasteiger partial charge on any atom is -0.327 e. The standard InChI is InChI=1S/C15H15BrClN/c16-13-6-7-15(17)12(9-13)10-14(18)8-11-4-2-1-3-5-11/h1-7,9,14H,8,10,18H2. The average molecular weight is 325 g/mol. The van der Waals surface area contributed by atoms with Gasteiger partial charge in [0, 0.05) is 15.5 Å². The lowest BCUT2D eigenvalue weighted by Gasteiger charge is -2.13. The van der Waals surface area contributed by atoms with Gasteiger partial charge in [0.05, 0.1) is 0 Å². The molecular weight excluding hydrogens is 310 g/mol. The van der Waals surface area contributed by atoms with Crippen LogP contribution in [0.5, 0.6) is 0 Å². The van der Waals surface area contributed by atoms with Crippen LogP contribution in [-0.4, -0.2) is 6.04 Å². The minimum absolute atomic E-state index is 0.0826. The number of halogens is 2. The van der Waals surface area contributed by atoms with Gasteiger partial charge in [-0.25, -0.2) is 0 Å². The second kappa shape index (κ2) is 6.37. The van der Waals surface area contributed by atoms with E-state index in [1.54, 1.807) is 0 Å². The quantitative estimate of drug-likeness (QED) is 0.895. The Bertz CT molecular complexity index is 513. The van der Waals surface area contributed by atoms with Gasteiger partial charge in [0.15, 0.2) is 0 Å². The predicted molar refractivity (Wildman–Crippen MR) is 81.0 cm³/mol. The van der Waals surface area contributed by atoms with E-state index >= 15 is 0 Å². The molecule has 0 aliphatic heterocycles. The molecule has 0 aliphatic carbocycles. The Balaban J connectivity index is 2.03. The first-order valence-corrected chi connectivity index (χ1v) is 7.05. The molecule has 0 bridgehead atoms. The first-order chi connectivity index (χ1) is 8.65. The van der Waals surface area contributed by atoms with Crippen molar-refractivity contribution in [1.82, 2.24) is 0 Å². The van der Waals surface area contributed by atoms with Gasteiger partial charge in [-0.1, -0.05) is 57.9 Å². The molecule has 94 valence electrons. The number of nitrogens with two attached hydrogens (primary N) is 1. The Labute approximate surface area is 121 Å². The lowest BCUT2D eigenvalue weighted by Crippen LogP contribution is -2.25. The summed E-state index contributed by atoms with van der Waals surface area (Å²) in [6, 6.07) is 16.2. The molecule has 0 spiro atoms. The van der Waals surface area contributed by atoms with Gasteiger partial charge in [-0.2, -0.15) is 0 Å². The highest BCUT2D eigenvalue weighted by atomic mass is 79.9. The van der Waals surface area contributed by atoms with Gasteiger partial charge in [-0.15, -0.1) is 0 Å². The molecule has 1 unspecified atom stereocenters. The summed E-state index contributed by atoms with van der Waals surface area (Å²) in [7, 11) is 0. The van der Waals surface area contributed by atoms with Crippen LogP contribution in [-0.2, 0) is 12.8 Å². The molecule has 0 aromatic heterocycles. The van der Waals surface area contributed by atoms with Crippen LogP contribution in [0.2, 0.25) is 5.02 Å². The second-order valence-electron chi connectivity index (χ2n) is 4.39. The third-order valence-electron chi connectivity index (χ3n) is 2.83. The molecule has 0 fully saturated rings. The highest BCUT2D eigenvalue weighted by Crippen LogP contribution is 2.22. The molecule has 18 heavy (non-hydrogen) atoms. The van der Waals surface area contributed by atoms with Crippen molar-refractivity contribution < 1.29 is 0 Å². The predicted octanol–water partition coefficient (Wildman–Crippen LogP) is 4.22. The molecule has 0 amide bonds. The molecule has 2 aromatic rings. The Morgan fingerprint density at radius 1 is 1.06 bits per heavy atom. The van der Waals surface area contributed by atoms with E-state index in [4.69, 9.17) is 17.3 Å². The summed E-state index contributed by atoms with van der Waals surface area (Å²) in [5, 5.41) is 0.779. The van der Waals surface area contributed by atoms with Crippen LogP contribution < -0.4 is 5.73 Å². The summed E-state index contributed by atoms with van der Waals surface area (Å²) in [6.07, 6.45) is 1.65. The van der Waals surface area contributed by atoms with E-state index in [-0.39, 0.29) is 6.04 Å². The van der Waals surface area contributed by atoms with Crippen LogP contribution in [0.3, 0.4) is 0 Å². The molecule has 0 heterocycles. The molecule has 0 saturated carbocycles. The molecule has 2 N–H and O–H groups in total. The van der Waals surface area contributed by atoms with Crippen molar-refractivity contribution >= 4 is 27.5 Å². The monoisotopic (exact) mass is 323 g/mol. The second-order valence-corrected chi connectivity index (χ2v) is 5.71. The van der Waals surface area contributed by atoms with E-state index in [1.807, 2.05) is 36.4 Å². The average Bonchev–Trinajstić information content (AvgIpc) is 2.35. The fourth-order valence-electron chi connectivity index (χ4n) is 1.97. The number of hydrogen-bond acceptors (Lipinski definition) is 1. The van der Waals surface area contributed by atoms with Gasteiger partial charge < -0.3 is 5.73 Å². The van der Waals surface area contributed by atoms with Crippen LogP contribution >= 0.6 is 27.5 Å². The number of rotatable bonds is 4. The number of benzene rings is 2. The van der Waals surface area contributed by atoms with Gasteiger partial charge in [0.1, 0.15) is 0 Å². The third-order valence-corrected chi connectivity index (χ3v) is 3.69. The molecule has 0 radical (unpaired) electrons. The van der Waals surface area contributed by atoms with E-state index in [9.17, 15) is 0 Å². The molecule has 2 aromatic carbocycles. The maximum atomic E-state index is 6.18. The van der Waals surface area contributed by atoms with Crippen LogP contribution in [0.4, 0.5) is 0 Å². The largest absolute Gasteiger partial charge is 0.327 e. The van der Waals surface area contributed by atoms with Crippen molar-refractivity contribution in [3.63, 3.8) is 0 Å². The van der Waals surface area contributed by atoms with Crippen molar-refractivity contribution in [2.45, 2.75) is 18.9 Å². The fraction of sp³-hybridized carbons (Fsp3) is 0.200. The Morgan fingerprint density at radius 3 is 2.50 bits per heavy atom. The van der Waals surface area contributed by atoms with Gasteiger partial charge in [-0.3, -0.25) is 0 Å². The first kappa shape index (κ1) is 13.6. The SMILES string of the molecule is NC(Cc1ccccc1)Cc1cc(Br)ccc1Cl. The Morgan fingerprint density at radius 2 is 1.78 bits per heavy atom. The summed E-state index contributed by atoms with van der Waals surface area (Å²) >= 11 is 9.62. The van der Waals surface area contributed by atoms with E-state index in [1.165, 1.54) is 5.56 Å². The van der Waals surface area contributed by atoms with Crippen LogP contribution in [0.1, 0.15) is 11.1 Å². The molecule has 3 heteroatoms. The summed E-state index contributed by atoms with van der Waals surface area (Å²) in [6.45, 7) is 0. The van der Waals surface area contributed by atoms with Gasteiger partial charge in [-0.05, 0) is 42.2 Å². The maximum absolute atomic E-state index is 6.18. The molecular formula is C15H15BrClN. The Kier molecular flexibility index (Phi) is 4.81. The van der Waals surface area contributed by atoms with E-state index < -0.39 is 0 Å². The lowest BCUT2D eigenvalue weighted by atomic mass is 10.00. The highest BCUT2D eigenvalue weighted by molar-refractivity contribution is 9.10. The first-order valence-electron chi connectivity index (χ1n) is 5.88. The van der Waals surface area contributed by atoms with Crippen molar-refractivity contribution in [2.75, 3.05) is 0 Å². The fourth-order valence-corrected chi connectivity index (χ4v) is 2.57. The zero-order valence-corrected chi connectivity index (χ0v) is 12.3. The molecule has 1 atom stereocenters. The van der Waals surface area contributed by atoms with Gasteiger partial charge in [0.2, 0.25) is 0 Å². The zero-order valence-electron chi connectivity index (χ0n) is 9.94. The van der Waals surface area contributed by atoms with Crippen LogP contribution in [0.25, 0.3) is 0 Å².